The number of hydrogen-bond donors (Lipinski definition) is 1. The third-order valence-corrected chi connectivity index (χ3v) is 4.76. The van der Waals surface area contributed by atoms with E-state index in [0.717, 1.165) is 30.2 Å². The first-order valence-corrected chi connectivity index (χ1v) is 9.15. The second kappa shape index (κ2) is 9.61. The van der Waals surface area contributed by atoms with Crippen LogP contribution in [0, 0.1) is 0 Å². The van der Waals surface area contributed by atoms with Gasteiger partial charge in [-0.05, 0) is 37.4 Å². The Kier molecular flexibility index (Phi) is 7.49. The van der Waals surface area contributed by atoms with Crippen LogP contribution in [0.15, 0.2) is 30.5 Å². The molecule has 130 valence electrons. The molecule has 2 rings (SSSR count). The number of carbonyl (C=O) groups is 1. The van der Waals surface area contributed by atoms with Gasteiger partial charge in [0.25, 0.3) is 0 Å². The first-order valence-electron chi connectivity index (χ1n) is 7.96. The summed E-state index contributed by atoms with van der Waals surface area (Å²) in [6, 6.07) is 7.26. The van der Waals surface area contributed by atoms with E-state index >= 15 is 0 Å². The van der Waals surface area contributed by atoms with Gasteiger partial charge in [0, 0.05) is 23.3 Å². The lowest BCUT2D eigenvalue weighted by Gasteiger charge is -2.17. The molecule has 2 aromatic rings. The van der Waals surface area contributed by atoms with E-state index < -0.39 is 0 Å². The summed E-state index contributed by atoms with van der Waals surface area (Å²) in [6.07, 6.45) is 1.75. The van der Waals surface area contributed by atoms with Crippen LogP contribution < -0.4 is 5.32 Å². The first kappa shape index (κ1) is 18.7. The molecular formula is C17H22ClN3O2S. The summed E-state index contributed by atoms with van der Waals surface area (Å²) in [5.41, 5.74) is 1.49. The topological polar surface area (TPSA) is 54.5 Å². The van der Waals surface area contributed by atoms with Gasteiger partial charge in [0.2, 0.25) is 0 Å². The Morgan fingerprint density at radius 3 is 2.58 bits per heavy atom. The van der Waals surface area contributed by atoms with E-state index in [1.54, 1.807) is 18.3 Å². The van der Waals surface area contributed by atoms with Gasteiger partial charge in [0.15, 0.2) is 4.47 Å². The molecule has 5 nitrogen and oxygen atoms in total. The highest BCUT2D eigenvalue weighted by atomic mass is 35.5. The summed E-state index contributed by atoms with van der Waals surface area (Å²) >= 11 is 7.25. The van der Waals surface area contributed by atoms with E-state index in [9.17, 15) is 4.79 Å². The first-order chi connectivity index (χ1) is 11.6. The van der Waals surface area contributed by atoms with Crippen LogP contribution in [0.25, 0.3) is 0 Å². The van der Waals surface area contributed by atoms with Crippen LogP contribution in [0.4, 0.5) is 5.69 Å². The molecule has 0 atom stereocenters. The van der Waals surface area contributed by atoms with Gasteiger partial charge in [0.1, 0.15) is 6.61 Å². The third-order valence-electron chi connectivity index (χ3n) is 3.65. The fourth-order valence-corrected chi connectivity index (χ4v) is 3.09. The quantitative estimate of drug-likeness (QED) is 0.681. The molecule has 0 fully saturated rings. The van der Waals surface area contributed by atoms with E-state index in [1.807, 2.05) is 12.1 Å². The Labute approximate surface area is 151 Å². The van der Waals surface area contributed by atoms with Gasteiger partial charge in [0.05, 0.1) is 12.1 Å². The fourth-order valence-electron chi connectivity index (χ4n) is 2.17. The molecule has 0 aliphatic heterocycles. The lowest BCUT2D eigenvalue weighted by molar-refractivity contribution is 0.0466. The van der Waals surface area contributed by atoms with Gasteiger partial charge in [-0.2, -0.15) is 0 Å². The van der Waals surface area contributed by atoms with E-state index in [0.29, 0.717) is 23.2 Å². The van der Waals surface area contributed by atoms with Gasteiger partial charge in [-0.15, -0.1) is 11.3 Å². The molecule has 1 heterocycles. The highest BCUT2D eigenvalue weighted by Gasteiger charge is 2.08. The Balaban J connectivity index is 1.79. The Bertz CT molecular complexity index is 642. The number of anilines is 1. The van der Waals surface area contributed by atoms with Crippen molar-refractivity contribution in [2.75, 3.05) is 31.6 Å². The highest BCUT2D eigenvalue weighted by Crippen LogP contribution is 2.19. The molecule has 0 aliphatic carbocycles. The van der Waals surface area contributed by atoms with Crippen LogP contribution >= 0.6 is 22.9 Å². The summed E-state index contributed by atoms with van der Waals surface area (Å²) < 4.78 is 5.85. The molecule has 7 heteroatoms. The normalized spacial score (nSPS) is 10.8. The maximum absolute atomic E-state index is 12.0. The number of esters is 1. The molecule has 0 amide bonds. The molecule has 0 bridgehead atoms. The van der Waals surface area contributed by atoms with Crippen molar-refractivity contribution >= 4 is 34.6 Å². The predicted molar refractivity (Wildman–Crippen MR) is 99.0 cm³/mol. The van der Waals surface area contributed by atoms with Crippen molar-refractivity contribution in [2.45, 2.75) is 20.4 Å². The summed E-state index contributed by atoms with van der Waals surface area (Å²) in [4.78, 5) is 19.3. The smallest absolute Gasteiger partial charge is 0.338 e. The Morgan fingerprint density at radius 1 is 1.29 bits per heavy atom. The average molecular weight is 368 g/mol. The highest BCUT2D eigenvalue weighted by molar-refractivity contribution is 7.15. The second-order valence-corrected chi connectivity index (χ2v) is 6.87. The molecule has 0 spiro atoms. The number of hydrogen-bond acceptors (Lipinski definition) is 6. The molecule has 0 saturated carbocycles. The molecule has 0 radical (unpaired) electrons. The van der Waals surface area contributed by atoms with Gasteiger partial charge >= 0.3 is 5.97 Å². The van der Waals surface area contributed by atoms with Gasteiger partial charge < -0.3 is 15.0 Å². The molecule has 0 saturated heterocycles. The fraction of sp³-hybridized carbons (Fsp3) is 0.412. The van der Waals surface area contributed by atoms with Crippen LogP contribution in [0.5, 0.6) is 0 Å². The van der Waals surface area contributed by atoms with E-state index in [-0.39, 0.29) is 5.97 Å². The van der Waals surface area contributed by atoms with Gasteiger partial charge in [-0.25, -0.2) is 9.78 Å². The van der Waals surface area contributed by atoms with Crippen molar-refractivity contribution in [3.63, 3.8) is 0 Å². The molecule has 1 aromatic carbocycles. The lowest BCUT2D eigenvalue weighted by atomic mass is 10.2. The summed E-state index contributed by atoms with van der Waals surface area (Å²) in [6.45, 7) is 7.92. The number of nitrogens with one attached hydrogen (secondary N) is 1. The van der Waals surface area contributed by atoms with Crippen molar-refractivity contribution in [3.8, 4) is 0 Å². The summed E-state index contributed by atoms with van der Waals surface area (Å²) in [7, 11) is 0. The van der Waals surface area contributed by atoms with E-state index in [4.69, 9.17) is 16.3 Å². The largest absolute Gasteiger partial charge is 0.461 e. The van der Waals surface area contributed by atoms with E-state index in [1.165, 1.54) is 11.3 Å². The van der Waals surface area contributed by atoms with Crippen molar-refractivity contribution in [3.05, 3.63) is 45.4 Å². The van der Waals surface area contributed by atoms with Crippen molar-refractivity contribution in [1.29, 1.82) is 0 Å². The Hall–Kier alpha value is -1.63. The van der Waals surface area contributed by atoms with Crippen molar-refractivity contribution < 1.29 is 9.53 Å². The summed E-state index contributed by atoms with van der Waals surface area (Å²) in [5, 5.41) is 3.27. The number of rotatable bonds is 9. The van der Waals surface area contributed by atoms with E-state index in [2.05, 4.69) is 29.0 Å². The number of ether oxygens (including phenoxy) is 1. The van der Waals surface area contributed by atoms with Crippen LogP contribution in [-0.2, 0) is 11.3 Å². The van der Waals surface area contributed by atoms with Crippen LogP contribution in [0.2, 0.25) is 4.47 Å². The second-order valence-electron chi connectivity index (χ2n) is 5.17. The maximum atomic E-state index is 12.0. The zero-order valence-electron chi connectivity index (χ0n) is 13.9. The van der Waals surface area contributed by atoms with Crippen LogP contribution in [-0.4, -0.2) is 42.1 Å². The maximum Gasteiger partial charge on any atom is 0.338 e. The third kappa shape index (κ3) is 5.78. The zero-order valence-corrected chi connectivity index (χ0v) is 15.5. The number of benzene rings is 1. The minimum atomic E-state index is -0.289. The Morgan fingerprint density at radius 2 is 2.00 bits per heavy atom. The standard InChI is InChI=1S/C17H22ClN3O2S/c1-3-21(4-2)9-10-23-16(22)13-5-7-14(8-6-13)19-11-15-12-20-17(18)24-15/h5-8,12,19H,3-4,9-11H2,1-2H3. The number of aromatic nitrogens is 1. The molecular weight excluding hydrogens is 346 g/mol. The average Bonchev–Trinajstić information content (AvgIpc) is 3.02. The minimum absolute atomic E-state index is 0.289. The van der Waals surface area contributed by atoms with Gasteiger partial charge in [-0.1, -0.05) is 25.4 Å². The zero-order chi connectivity index (χ0) is 17.4. The van der Waals surface area contributed by atoms with Crippen molar-refractivity contribution in [1.82, 2.24) is 9.88 Å². The molecule has 24 heavy (non-hydrogen) atoms. The monoisotopic (exact) mass is 367 g/mol. The number of nitrogens with zero attached hydrogens (tertiary/aromatic N) is 2. The molecule has 1 aromatic heterocycles. The van der Waals surface area contributed by atoms with Crippen LogP contribution in [0.1, 0.15) is 29.1 Å². The molecule has 1 N–H and O–H groups in total. The summed E-state index contributed by atoms with van der Waals surface area (Å²) in [5.74, 6) is -0.289. The lowest BCUT2D eigenvalue weighted by Crippen LogP contribution is -2.27. The predicted octanol–water partition coefficient (Wildman–Crippen LogP) is 3.91. The number of carbonyl (C=O) groups excluding carboxylic acids is 1. The molecule has 0 aliphatic rings. The molecule has 0 unspecified atom stereocenters. The number of likely N-dealkylation sites (N-methyl/N-ethyl adjacent to an activating group) is 1. The minimum Gasteiger partial charge on any atom is -0.461 e. The van der Waals surface area contributed by atoms with Gasteiger partial charge in [-0.3, -0.25) is 0 Å². The number of halogens is 1. The number of thiazole rings is 1. The van der Waals surface area contributed by atoms with Crippen LogP contribution in [0.3, 0.4) is 0 Å². The SMILES string of the molecule is CCN(CC)CCOC(=O)c1ccc(NCc2cnc(Cl)s2)cc1. The van der Waals surface area contributed by atoms with Crippen molar-refractivity contribution in [2.24, 2.45) is 0 Å².